The lowest BCUT2D eigenvalue weighted by molar-refractivity contribution is -0.384. The summed E-state index contributed by atoms with van der Waals surface area (Å²) >= 11 is 2.20. The zero-order valence-electron chi connectivity index (χ0n) is 23.9. The molecule has 0 unspecified atom stereocenters. The molecular weight excluding hydrogens is 651 g/mol. The van der Waals surface area contributed by atoms with E-state index in [4.69, 9.17) is 14.2 Å². The number of halogens is 1. The van der Waals surface area contributed by atoms with Crippen LogP contribution in [0, 0.1) is 13.7 Å². The van der Waals surface area contributed by atoms with Crippen molar-refractivity contribution >= 4 is 39.8 Å². The fraction of sp³-hybridized carbons (Fsp3) is 0.438. The molecule has 2 aliphatic carbocycles. The number of nitrogens with zero attached hydrogens (tertiary/aromatic N) is 2. The average Bonchev–Trinajstić information content (AvgIpc) is 2.97. The standard InChI is InChI=1S/C32H35IN2O7/c1-3-41-28-18-21(17-23(33)32(28)42-19-20-8-4-9-22(16-20)35(38)39)29-30-24(10-5-12-26(30)36)34(14-7-15-40-2)25-11-6-13-27(37)31(25)29/h4,8-9,16-18,29H,3,5-7,10-15,19H2,1-2H3. The zero-order valence-corrected chi connectivity index (χ0v) is 26.1. The van der Waals surface area contributed by atoms with Gasteiger partial charge in [0.2, 0.25) is 0 Å². The highest BCUT2D eigenvalue weighted by Crippen LogP contribution is 2.50. The van der Waals surface area contributed by atoms with Gasteiger partial charge < -0.3 is 19.1 Å². The lowest BCUT2D eigenvalue weighted by atomic mass is 9.71. The van der Waals surface area contributed by atoms with E-state index in [1.807, 2.05) is 19.1 Å². The monoisotopic (exact) mass is 686 g/mol. The van der Waals surface area contributed by atoms with E-state index in [9.17, 15) is 19.7 Å². The number of ketones is 2. The molecule has 0 fully saturated rings. The molecule has 3 aliphatic rings. The predicted octanol–water partition coefficient (Wildman–Crippen LogP) is 6.63. The van der Waals surface area contributed by atoms with E-state index in [-0.39, 0.29) is 23.9 Å². The van der Waals surface area contributed by atoms with Crippen LogP contribution in [-0.4, -0.2) is 48.3 Å². The summed E-state index contributed by atoms with van der Waals surface area (Å²) in [5, 5.41) is 11.2. The molecule has 1 heterocycles. The van der Waals surface area contributed by atoms with Gasteiger partial charge in [-0.1, -0.05) is 12.1 Å². The Morgan fingerprint density at radius 3 is 2.31 bits per heavy atom. The van der Waals surface area contributed by atoms with Crippen molar-refractivity contribution in [2.75, 3.05) is 26.9 Å². The van der Waals surface area contributed by atoms with Gasteiger partial charge in [-0.2, -0.15) is 0 Å². The second-order valence-electron chi connectivity index (χ2n) is 10.7. The first kappa shape index (κ1) is 30.2. The van der Waals surface area contributed by atoms with Crippen molar-refractivity contribution < 1.29 is 28.7 Å². The number of ether oxygens (including phenoxy) is 3. The Morgan fingerprint density at radius 2 is 1.69 bits per heavy atom. The molecule has 0 saturated heterocycles. The number of allylic oxidation sites excluding steroid dienone is 4. The number of benzene rings is 2. The van der Waals surface area contributed by atoms with Gasteiger partial charge in [0, 0.05) is 73.7 Å². The molecule has 0 aromatic heterocycles. The van der Waals surface area contributed by atoms with Crippen LogP contribution >= 0.6 is 22.6 Å². The van der Waals surface area contributed by atoms with E-state index in [2.05, 4.69) is 27.5 Å². The van der Waals surface area contributed by atoms with E-state index in [1.165, 1.54) is 12.1 Å². The number of rotatable bonds is 11. The normalized spacial score (nSPS) is 17.4. The Morgan fingerprint density at radius 1 is 1.00 bits per heavy atom. The van der Waals surface area contributed by atoms with Crippen LogP contribution in [0.2, 0.25) is 0 Å². The van der Waals surface area contributed by atoms with E-state index < -0.39 is 10.8 Å². The molecule has 0 N–H and O–H groups in total. The van der Waals surface area contributed by atoms with Crippen LogP contribution in [0.4, 0.5) is 5.69 Å². The Labute approximate surface area is 259 Å². The van der Waals surface area contributed by atoms with Gasteiger partial charge in [0.15, 0.2) is 23.1 Å². The van der Waals surface area contributed by atoms with Crippen LogP contribution in [0.5, 0.6) is 11.5 Å². The summed E-state index contributed by atoms with van der Waals surface area (Å²) in [6.45, 7) is 3.73. The predicted molar refractivity (Wildman–Crippen MR) is 165 cm³/mol. The summed E-state index contributed by atoms with van der Waals surface area (Å²) in [4.78, 5) is 40.3. The van der Waals surface area contributed by atoms with Crippen molar-refractivity contribution in [2.45, 2.75) is 64.4 Å². The number of methoxy groups -OCH3 is 1. The Kier molecular flexibility index (Phi) is 9.62. The third-order valence-corrected chi connectivity index (χ3v) is 8.79. The van der Waals surface area contributed by atoms with Gasteiger partial charge in [0.05, 0.1) is 15.1 Å². The van der Waals surface area contributed by atoms with Crippen LogP contribution < -0.4 is 9.47 Å². The van der Waals surface area contributed by atoms with Gasteiger partial charge in [-0.3, -0.25) is 19.7 Å². The lowest BCUT2D eigenvalue weighted by Gasteiger charge is -2.44. The van der Waals surface area contributed by atoms with Crippen molar-refractivity contribution in [1.29, 1.82) is 0 Å². The van der Waals surface area contributed by atoms with Crippen molar-refractivity contribution in [3.8, 4) is 11.5 Å². The Balaban J connectivity index is 1.57. The van der Waals surface area contributed by atoms with Crippen molar-refractivity contribution in [1.82, 2.24) is 4.90 Å². The minimum absolute atomic E-state index is 0.00203. The van der Waals surface area contributed by atoms with Gasteiger partial charge in [-0.05, 0) is 84.9 Å². The van der Waals surface area contributed by atoms with Crippen LogP contribution in [0.25, 0.3) is 0 Å². The second kappa shape index (κ2) is 13.4. The highest BCUT2D eigenvalue weighted by Gasteiger charge is 2.43. The molecule has 9 nitrogen and oxygen atoms in total. The summed E-state index contributed by atoms with van der Waals surface area (Å²) < 4.78 is 18.3. The molecular formula is C32H35IN2O7. The number of non-ortho nitro benzene ring substituents is 1. The van der Waals surface area contributed by atoms with E-state index in [1.54, 1.807) is 19.2 Å². The summed E-state index contributed by atoms with van der Waals surface area (Å²) in [6.07, 6.45) is 4.95. The summed E-state index contributed by atoms with van der Waals surface area (Å²) in [7, 11) is 1.69. The molecule has 222 valence electrons. The van der Waals surface area contributed by atoms with Crippen LogP contribution in [-0.2, 0) is 20.9 Å². The Hall–Kier alpha value is -3.25. The molecule has 0 amide bonds. The number of Topliss-reactive ketones (excluding diaryl/α,β-unsaturated/α-hetero) is 2. The number of carbonyl (C=O) groups excluding carboxylic acids is 2. The summed E-state index contributed by atoms with van der Waals surface area (Å²) in [5.74, 6) is 0.790. The third kappa shape index (κ3) is 6.10. The molecule has 0 radical (unpaired) electrons. The Bertz CT molecular complexity index is 1420. The summed E-state index contributed by atoms with van der Waals surface area (Å²) in [5.41, 5.74) is 5.05. The number of nitro groups is 1. The quantitative estimate of drug-likeness (QED) is 0.112. The first-order chi connectivity index (χ1) is 20.3. The largest absolute Gasteiger partial charge is 0.490 e. The van der Waals surface area contributed by atoms with E-state index in [0.29, 0.717) is 49.7 Å². The molecule has 0 bridgehead atoms. The molecule has 2 aromatic rings. The van der Waals surface area contributed by atoms with Gasteiger partial charge in [-0.25, -0.2) is 0 Å². The fourth-order valence-corrected chi connectivity index (χ4v) is 7.04. The number of hydrogen-bond acceptors (Lipinski definition) is 8. The van der Waals surface area contributed by atoms with Gasteiger partial charge in [0.25, 0.3) is 5.69 Å². The molecule has 0 atom stereocenters. The molecule has 0 saturated carbocycles. The maximum atomic E-state index is 13.6. The smallest absolute Gasteiger partial charge is 0.269 e. The van der Waals surface area contributed by atoms with Crippen molar-refractivity contribution in [3.05, 3.63) is 83.7 Å². The number of hydrogen-bond donors (Lipinski definition) is 0. The first-order valence-electron chi connectivity index (χ1n) is 14.4. The molecule has 2 aromatic carbocycles. The highest BCUT2D eigenvalue weighted by molar-refractivity contribution is 14.1. The van der Waals surface area contributed by atoms with Crippen molar-refractivity contribution in [2.24, 2.45) is 0 Å². The highest BCUT2D eigenvalue weighted by atomic mass is 127. The lowest BCUT2D eigenvalue weighted by Crippen LogP contribution is -2.39. The third-order valence-electron chi connectivity index (χ3n) is 7.99. The first-order valence-corrected chi connectivity index (χ1v) is 15.5. The average molecular weight is 687 g/mol. The van der Waals surface area contributed by atoms with Gasteiger partial charge >= 0.3 is 0 Å². The summed E-state index contributed by atoms with van der Waals surface area (Å²) in [6, 6.07) is 10.2. The number of nitro benzene ring substituents is 1. The van der Waals surface area contributed by atoms with Crippen LogP contribution in [0.3, 0.4) is 0 Å². The molecule has 5 rings (SSSR count). The minimum Gasteiger partial charge on any atom is -0.490 e. The fourth-order valence-electron chi connectivity index (χ4n) is 6.26. The maximum absolute atomic E-state index is 13.6. The molecule has 10 heteroatoms. The molecule has 42 heavy (non-hydrogen) atoms. The van der Waals surface area contributed by atoms with Gasteiger partial charge in [-0.15, -0.1) is 0 Å². The minimum atomic E-state index is -0.451. The van der Waals surface area contributed by atoms with Crippen LogP contribution in [0.15, 0.2) is 58.9 Å². The van der Waals surface area contributed by atoms with E-state index >= 15 is 0 Å². The van der Waals surface area contributed by atoms with E-state index in [0.717, 1.165) is 63.8 Å². The van der Waals surface area contributed by atoms with Crippen molar-refractivity contribution in [3.63, 3.8) is 0 Å². The zero-order chi connectivity index (χ0) is 29.8. The maximum Gasteiger partial charge on any atom is 0.269 e. The van der Waals surface area contributed by atoms with Gasteiger partial charge in [0.1, 0.15) is 6.61 Å². The van der Waals surface area contributed by atoms with Crippen LogP contribution in [0.1, 0.15) is 68.9 Å². The second-order valence-corrected chi connectivity index (χ2v) is 11.8. The molecule has 0 spiro atoms. The topological polar surface area (TPSA) is 108 Å². The number of carbonyl (C=O) groups is 2. The molecule has 1 aliphatic heterocycles. The SMILES string of the molecule is CCOc1cc(C2C3=C(CCCC3=O)N(CCCOC)C3=C2C(=O)CCC3)cc(I)c1OCc1cccc([N+](=O)[O-])c1.